The summed E-state index contributed by atoms with van der Waals surface area (Å²) < 4.78 is 47.3. The predicted molar refractivity (Wildman–Crippen MR) is 94.9 cm³/mol. The van der Waals surface area contributed by atoms with Gasteiger partial charge in [0.25, 0.3) is 16.0 Å². The molecule has 0 aliphatic carbocycles. The average Bonchev–Trinajstić information content (AvgIpc) is 3.01. The molecule has 2 heterocycles. The van der Waals surface area contributed by atoms with Crippen LogP contribution in [0.2, 0.25) is 5.02 Å². The minimum atomic E-state index is -3.72. The Morgan fingerprint density at radius 3 is 2.52 bits per heavy atom. The fraction of sp³-hybridized carbons (Fsp3) is 0.500. The van der Waals surface area contributed by atoms with Crippen molar-refractivity contribution in [2.45, 2.75) is 38.5 Å². The highest BCUT2D eigenvalue weighted by Gasteiger charge is 2.52. The number of urea groups is 1. The fourth-order valence-corrected chi connectivity index (χ4v) is 4.02. The van der Waals surface area contributed by atoms with Crippen LogP contribution < -0.4 is 9.64 Å². The summed E-state index contributed by atoms with van der Waals surface area (Å²) in [6.45, 7) is 3.43. The topological polar surface area (TPSA) is 93.2 Å². The molecule has 2 aliphatic heterocycles. The van der Waals surface area contributed by atoms with Gasteiger partial charge in [0.15, 0.2) is 0 Å². The van der Waals surface area contributed by atoms with Crippen molar-refractivity contribution in [3.8, 4) is 5.75 Å². The van der Waals surface area contributed by atoms with Gasteiger partial charge in [-0.15, -0.1) is 0 Å². The summed E-state index contributed by atoms with van der Waals surface area (Å²) in [6, 6.07) is 0.531. The van der Waals surface area contributed by atoms with Gasteiger partial charge in [-0.3, -0.25) is 8.98 Å². The van der Waals surface area contributed by atoms with E-state index in [4.69, 9.17) is 20.5 Å². The summed E-state index contributed by atoms with van der Waals surface area (Å²) in [5, 5.41) is 0.0196. The van der Waals surface area contributed by atoms with Gasteiger partial charge < -0.3 is 9.64 Å². The molecule has 0 saturated carbocycles. The van der Waals surface area contributed by atoms with E-state index in [-0.39, 0.29) is 35.5 Å². The number of carbonyl (C=O) groups is 2. The van der Waals surface area contributed by atoms with Gasteiger partial charge in [0, 0.05) is 12.5 Å². The molecule has 27 heavy (non-hydrogen) atoms. The van der Waals surface area contributed by atoms with E-state index in [1.54, 1.807) is 13.8 Å². The molecule has 0 N–H and O–H groups in total. The minimum absolute atomic E-state index is 0.0126. The van der Waals surface area contributed by atoms with Crippen LogP contribution in [0.1, 0.15) is 20.3 Å². The van der Waals surface area contributed by atoms with Crippen LogP contribution in [0.4, 0.5) is 14.9 Å². The molecule has 0 radical (unpaired) electrons. The number of fused-ring (bicyclic) bond motifs is 1. The summed E-state index contributed by atoms with van der Waals surface area (Å²) in [6.07, 6.45) is -0.150. The number of imide groups is 1. The number of carbonyl (C=O) groups excluding carboxylic acids is 2. The first kappa shape index (κ1) is 19.8. The van der Waals surface area contributed by atoms with Crippen LogP contribution in [0.5, 0.6) is 5.75 Å². The van der Waals surface area contributed by atoms with Crippen molar-refractivity contribution in [3.05, 3.63) is 23.0 Å². The number of amides is 3. The molecule has 2 fully saturated rings. The second-order valence-corrected chi connectivity index (χ2v) is 8.69. The Labute approximate surface area is 160 Å². The van der Waals surface area contributed by atoms with Crippen LogP contribution in [-0.2, 0) is 19.1 Å². The number of hydrogen-bond acceptors (Lipinski definition) is 6. The highest BCUT2D eigenvalue weighted by Crippen LogP contribution is 2.38. The van der Waals surface area contributed by atoms with Crippen molar-refractivity contribution in [1.29, 1.82) is 0 Å². The molecular formula is C16H18ClFN2O6S. The maximum Gasteiger partial charge on any atom is 0.332 e. The second kappa shape index (κ2) is 6.92. The number of rotatable bonds is 5. The summed E-state index contributed by atoms with van der Waals surface area (Å²) in [7, 11) is -3.72. The smallest absolute Gasteiger partial charge is 0.332 e. The molecular weight excluding hydrogens is 403 g/mol. The lowest BCUT2D eigenvalue weighted by atomic mass is 10.2. The number of anilines is 1. The fourth-order valence-electron chi connectivity index (χ4n) is 3.19. The quantitative estimate of drug-likeness (QED) is 0.535. The number of ether oxygens (including phenoxy) is 1. The van der Waals surface area contributed by atoms with E-state index in [1.165, 1.54) is 11.0 Å². The number of hydrogen-bond donors (Lipinski definition) is 0. The van der Waals surface area contributed by atoms with Crippen LogP contribution >= 0.6 is 11.6 Å². The van der Waals surface area contributed by atoms with Gasteiger partial charge in [-0.2, -0.15) is 8.42 Å². The molecule has 11 heteroatoms. The highest BCUT2D eigenvalue weighted by atomic mass is 35.5. The lowest BCUT2D eigenvalue weighted by Gasteiger charge is -2.20. The summed E-state index contributed by atoms with van der Waals surface area (Å²) in [4.78, 5) is 27.3. The molecule has 1 aromatic rings. The first-order chi connectivity index (χ1) is 12.5. The molecule has 0 unspecified atom stereocenters. The Hall–Kier alpha value is -1.91. The van der Waals surface area contributed by atoms with Crippen molar-refractivity contribution >= 4 is 39.3 Å². The molecule has 2 atom stereocenters. The van der Waals surface area contributed by atoms with E-state index in [2.05, 4.69) is 0 Å². The lowest BCUT2D eigenvalue weighted by molar-refractivity contribution is -0.119. The Morgan fingerprint density at radius 2 is 1.96 bits per heavy atom. The van der Waals surface area contributed by atoms with Crippen molar-refractivity contribution < 1.29 is 31.3 Å². The van der Waals surface area contributed by atoms with Gasteiger partial charge in [-0.05, 0) is 19.9 Å². The maximum absolute atomic E-state index is 14.4. The maximum atomic E-state index is 14.4. The zero-order chi connectivity index (χ0) is 20.1. The van der Waals surface area contributed by atoms with Crippen LogP contribution in [0.25, 0.3) is 0 Å². The van der Waals surface area contributed by atoms with Gasteiger partial charge >= 0.3 is 6.03 Å². The SMILES string of the molecule is CC(C)Oc1cc(N2C(=O)[C@H]3C[C@@H](OS(C)(=O)=O)CN3C2=O)c(F)cc1Cl. The van der Waals surface area contributed by atoms with E-state index in [9.17, 15) is 22.4 Å². The Morgan fingerprint density at radius 1 is 1.30 bits per heavy atom. The van der Waals surface area contributed by atoms with Gasteiger partial charge in [-0.25, -0.2) is 14.1 Å². The summed E-state index contributed by atoms with van der Waals surface area (Å²) in [5.41, 5.74) is -0.264. The summed E-state index contributed by atoms with van der Waals surface area (Å²) >= 11 is 5.96. The highest BCUT2D eigenvalue weighted by molar-refractivity contribution is 7.86. The van der Waals surface area contributed by atoms with Crippen LogP contribution in [0.3, 0.4) is 0 Å². The molecule has 2 saturated heterocycles. The molecule has 1 aromatic carbocycles. The van der Waals surface area contributed by atoms with Gasteiger partial charge in [0.2, 0.25) is 0 Å². The molecule has 8 nitrogen and oxygen atoms in total. The third-order valence-corrected chi connectivity index (χ3v) is 5.04. The predicted octanol–water partition coefficient (Wildman–Crippen LogP) is 2.15. The van der Waals surface area contributed by atoms with Crippen molar-refractivity contribution in [1.82, 2.24) is 4.90 Å². The van der Waals surface area contributed by atoms with Gasteiger partial charge in [-0.1, -0.05) is 11.6 Å². The monoisotopic (exact) mass is 420 g/mol. The Balaban J connectivity index is 1.88. The Bertz CT molecular complexity index is 882. The normalized spacial score (nSPS) is 22.7. The second-order valence-electron chi connectivity index (χ2n) is 6.68. The summed E-state index contributed by atoms with van der Waals surface area (Å²) in [5.74, 6) is -1.35. The number of nitrogens with zero attached hydrogens (tertiary/aromatic N) is 2. The standard InChI is InChI=1S/C16H18ClFN2O6S/c1-8(2)25-14-6-12(11(18)5-10(14)17)20-15(21)13-4-9(26-27(3,23)24)7-19(13)16(20)22/h5-6,8-9,13H,4,7H2,1-3H3/t9-,13-/m1/s1. The molecule has 0 bridgehead atoms. The zero-order valence-electron chi connectivity index (χ0n) is 14.8. The van der Waals surface area contributed by atoms with Crippen LogP contribution in [-0.4, -0.2) is 56.3 Å². The molecule has 0 spiro atoms. The van der Waals surface area contributed by atoms with Crippen molar-refractivity contribution in [2.24, 2.45) is 0 Å². The first-order valence-electron chi connectivity index (χ1n) is 8.16. The number of halogens is 2. The van der Waals surface area contributed by atoms with E-state index in [0.717, 1.165) is 17.2 Å². The van der Waals surface area contributed by atoms with E-state index >= 15 is 0 Å². The number of benzene rings is 1. The van der Waals surface area contributed by atoms with E-state index in [1.807, 2.05) is 0 Å². The first-order valence-corrected chi connectivity index (χ1v) is 10.4. The third-order valence-electron chi connectivity index (χ3n) is 4.12. The van der Waals surface area contributed by atoms with E-state index in [0.29, 0.717) is 0 Å². The largest absolute Gasteiger partial charge is 0.489 e. The zero-order valence-corrected chi connectivity index (χ0v) is 16.4. The molecule has 148 valence electrons. The third kappa shape index (κ3) is 3.87. The average molecular weight is 421 g/mol. The van der Waals surface area contributed by atoms with Crippen molar-refractivity contribution in [2.75, 3.05) is 17.7 Å². The molecule has 3 rings (SSSR count). The van der Waals surface area contributed by atoms with Crippen molar-refractivity contribution in [3.63, 3.8) is 0 Å². The molecule has 0 aromatic heterocycles. The molecule has 3 amide bonds. The molecule has 2 aliphatic rings. The lowest BCUT2D eigenvalue weighted by Crippen LogP contribution is -2.36. The van der Waals surface area contributed by atoms with Crippen LogP contribution in [0.15, 0.2) is 12.1 Å². The van der Waals surface area contributed by atoms with Gasteiger partial charge in [0.05, 0.1) is 35.7 Å². The Kier molecular flexibility index (Phi) is 5.08. The van der Waals surface area contributed by atoms with E-state index < -0.39 is 40.0 Å². The van der Waals surface area contributed by atoms with Gasteiger partial charge in [0.1, 0.15) is 17.6 Å². The minimum Gasteiger partial charge on any atom is -0.489 e. The van der Waals surface area contributed by atoms with Crippen LogP contribution in [0, 0.1) is 5.82 Å².